The zero-order valence-corrected chi connectivity index (χ0v) is 49.1. The van der Waals surface area contributed by atoms with Crippen molar-refractivity contribution in [3.63, 3.8) is 0 Å². The molecule has 0 saturated carbocycles. The minimum atomic E-state index is -0.779. The zero-order valence-electron chi connectivity index (χ0n) is 49.1. The summed E-state index contributed by atoms with van der Waals surface area (Å²) in [7, 11) is 0. The van der Waals surface area contributed by atoms with Crippen molar-refractivity contribution < 1.29 is 28.6 Å². The van der Waals surface area contributed by atoms with E-state index in [9.17, 15) is 14.4 Å². The molecule has 0 rings (SSSR count). The maximum absolute atomic E-state index is 12.8. The lowest BCUT2D eigenvalue weighted by Gasteiger charge is -2.18. The van der Waals surface area contributed by atoms with Crippen LogP contribution in [0.25, 0.3) is 0 Å². The summed E-state index contributed by atoms with van der Waals surface area (Å²) in [5, 5.41) is 0. The summed E-state index contributed by atoms with van der Waals surface area (Å²) < 4.78 is 16.8. The fourth-order valence-electron chi connectivity index (χ4n) is 9.17. The van der Waals surface area contributed by atoms with Gasteiger partial charge in [0.2, 0.25) is 0 Å². The molecule has 1 unspecified atom stereocenters. The molecular formula is C68H120O6. The van der Waals surface area contributed by atoms with Gasteiger partial charge in [-0.3, -0.25) is 14.4 Å². The highest BCUT2D eigenvalue weighted by Crippen LogP contribution is 2.17. The van der Waals surface area contributed by atoms with Crippen LogP contribution in [0.2, 0.25) is 0 Å². The molecule has 0 saturated heterocycles. The second-order valence-corrected chi connectivity index (χ2v) is 21.3. The SMILES string of the molecule is CC/C=C\C/C=C\C/C=C\C/C=C\CCCCCCCCC(=O)OC(COC(=O)CCCCCCCC)COC(=O)CCCCCCCCCCCCCCCCCCCCC/C=C\C/C=C\CCCCCCC. The van der Waals surface area contributed by atoms with E-state index in [4.69, 9.17) is 14.2 Å². The van der Waals surface area contributed by atoms with Gasteiger partial charge in [0.15, 0.2) is 6.10 Å². The number of allylic oxidation sites excluding steroid dienone is 12. The molecule has 1 atom stereocenters. The molecule has 0 aliphatic heterocycles. The van der Waals surface area contributed by atoms with Crippen molar-refractivity contribution in [2.24, 2.45) is 0 Å². The number of carbonyl (C=O) groups excluding carboxylic acids is 3. The Hall–Kier alpha value is -3.15. The molecule has 6 heteroatoms. The molecule has 0 radical (unpaired) electrons. The summed E-state index contributed by atoms with van der Waals surface area (Å²) in [6.45, 7) is 6.47. The van der Waals surface area contributed by atoms with Gasteiger partial charge in [-0.1, -0.05) is 286 Å². The van der Waals surface area contributed by atoms with Crippen LogP contribution in [0.1, 0.15) is 323 Å². The normalized spacial score (nSPS) is 12.5. The van der Waals surface area contributed by atoms with Gasteiger partial charge in [-0.2, -0.15) is 0 Å². The predicted octanol–water partition coefficient (Wildman–Crippen LogP) is 21.7. The van der Waals surface area contributed by atoms with Crippen LogP contribution in [0.5, 0.6) is 0 Å². The van der Waals surface area contributed by atoms with Crippen LogP contribution in [-0.2, 0) is 28.6 Å². The van der Waals surface area contributed by atoms with Crippen LogP contribution in [0, 0.1) is 0 Å². The molecule has 0 amide bonds. The van der Waals surface area contributed by atoms with Gasteiger partial charge in [-0.25, -0.2) is 0 Å². The van der Waals surface area contributed by atoms with E-state index in [0.29, 0.717) is 19.3 Å². The number of ether oxygens (including phenoxy) is 3. The number of carbonyl (C=O) groups is 3. The molecule has 0 spiro atoms. The smallest absolute Gasteiger partial charge is 0.306 e. The van der Waals surface area contributed by atoms with Gasteiger partial charge in [0.1, 0.15) is 13.2 Å². The molecule has 0 aromatic rings. The van der Waals surface area contributed by atoms with E-state index >= 15 is 0 Å². The first-order valence-corrected chi connectivity index (χ1v) is 31.9. The summed E-state index contributed by atoms with van der Waals surface area (Å²) in [5.41, 5.74) is 0. The molecule has 0 bridgehead atoms. The van der Waals surface area contributed by atoms with Gasteiger partial charge < -0.3 is 14.2 Å². The Kier molecular flexibility index (Phi) is 59.7. The lowest BCUT2D eigenvalue weighted by molar-refractivity contribution is -0.167. The quantitative estimate of drug-likeness (QED) is 0.0261. The number of rotatable bonds is 58. The van der Waals surface area contributed by atoms with E-state index in [0.717, 1.165) is 103 Å². The van der Waals surface area contributed by atoms with Crippen molar-refractivity contribution in [1.29, 1.82) is 0 Å². The average molecular weight is 1030 g/mol. The fourth-order valence-corrected chi connectivity index (χ4v) is 9.17. The molecule has 428 valence electrons. The van der Waals surface area contributed by atoms with Gasteiger partial charge in [0, 0.05) is 19.3 Å². The van der Waals surface area contributed by atoms with Crippen molar-refractivity contribution in [1.82, 2.24) is 0 Å². The molecule has 0 N–H and O–H groups in total. The Morgan fingerprint density at radius 2 is 0.527 bits per heavy atom. The molecular weight excluding hydrogens is 913 g/mol. The van der Waals surface area contributed by atoms with E-state index in [1.165, 1.54) is 180 Å². The van der Waals surface area contributed by atoms with E-state index in [1.807, 2.05) is 0 Å². The standard InChI is InChI=1S/C68H120O6/c1-4-7-10-13-16-18-20-22-24-26-28-29-30-31-32-33-34-35-36-37-38-39-41-42-44-46-48-50-52-55-58-61-67(70)73-64-65(63-72-66(69)60-57-54-15-12-9-6-3)74-68(71)62-59-56-53-51-49-47-45-43-40-27-25-23-21-19-17-14-11-8-5-2/h8,11,17,19-20,22-23,25-26,28,40,43,65H,4-7,9-10,12-16,18,21,24,27,29-39,41-42,44-64H2,1-3H3/b11-8-,19-17-,22-20-,25-23-,28-26-,43-40-. The van der Waals surface area contributed by atoms with Crippen LogP contribution in [0.4, 0.5) is 0 Å². The number of esters is 3. The summed E-state index contributed by atoms with van der Waals surface area (Å²) in [5.74, 6) is -0.890. The average Bonchev–Trinajstić information content (AvgIpc) is 3.40. The largest absolute Gasteiger partial charge is 0.462 e. The van der Waals surface area contributed by atoms with Crippen molar-refractivity contribution in [3.05, 3.63) is 72.9 Å². The minimum Gasteiger partial charge on any atom is -0.462 e. The lowest BCUT2D eigenvalue weighted by atomic mass is 10.0. The fraction of sp³-hybridized carbons (Fsp3) is 0.779. The Morgan fingerprint density at radius 1 is 0.284 bits per heavy atom. The van der Waals surface area contributed by atoms with Crippen LogP contribution in [0.3, 0.4) is 0 Å². The number of hydrogen-bond donors (Lipinski definition) is 0. The first-order chi connectivity index (χ1) is 36.5. The maximum Gasteiger partial charge on any atom is 0.306 e. The molecule has 0 aliphatic carbocycles. The Balaban J connectivity index is 4.02. The molecule has 0 aromatic carbocycles. The van der Waals surface area contributed by atoms with Crippen molar-refractivity contribution in [2.75, 3.05) is 13.2 Å². The minimum absolute atomic E-state index is 0.0784. The Labute approximate surface area is 459 Å². The van der Waals surface area contributed by atoms with Gasteiger partial charge in [0.25, 0.3) is 0 Å². The first kappa shape index (κ1) is 70.8. The topological polar surface area (TPSA) is 78.9 Å². The second kappa shape index (κ2) is 62.4. The highest BCUT2D eigenvalue weighted by atomic mass is 16.6. The monoisotopic (exact) mass is 1030 g/mol. The molecule has 0 fully saturated rings. The number of hydrogen-bond acceptors (Lipinski definition) is 6. The third kappa shape index (κ3) is 59.7. The van der Waals surface area contributed by atoms with Crippen molar-refractivity contribution in [2.45, 2.75) is 329 Å². The second-order valence-electron chi connectivity index (χ2n) is 21.3. The number of unbranched alkanes of at least 4 members (excludes halogenated alkanes) is 35. The van der Waals surface area contributed by atoms with E-state index in [-0.39, 0.29) is 31.1 Å². The van der Waals surface area contributed by atoms with Crippen LogP contribution >= 0.6 is 0 Å². The van der Waals surface area contributed by atoms with Crippen LogP contribution in [-0.4, -0.2) is 37.2 Å². The van der Waals surface area contributed by atoms with E-state index < -0.39 is 6.10 Å². The highest BCUT2D eigenvalue weighted by molar-refractivity contribution is 5.71. The van der Waals surface area contributed by atoms with Crippen LogP contribution in [0.15, 0.2) is 72.9 Å². The van der Waals surface area contributed by atoms with Gasteiger partial charge in [-0.05, 0) is 89.9 Å². The molecule has 0 aliphatic rings. The predicted molar refractivity (Wildman–Crippen MR) is 321 cm³/mol. The highest BCUT2D eigenvalue weighted by Gasteiger charge is 2.19. The summed E-state index contributed by atoms with van der Waals surface area (Å²) in [6.07, 6.45) is 81.0. The van der Waals surface area contributed by atoms with Crippen molar-refractivity contribution in [3.8, 4) is 0 Å². The molecule has 74 heavy (non-hydrogen) atoms. The third-order valence-electron chi connectivity index (χ3n) is 13.9. The van der Waals surface area contributed by atoms with E-state index in [2.05, 4.69) is 93.7 Å². The molecule has 0 aromatic heterocycles. The van der Waals surface area contributed by atoms with Crippen molar-refractivity contribution >= 4 is 17.9 Å². The molecule has 0 heterocycles. The first-order valence-electron chi connectivity index (χ1n) is 31.9. The van der Waals surface area contributed by atoms with E-state index in [1.54, 1.807) is 0 Å². The lowest BCUT2D eigenvalue weighted by Crippen LogP contribution is -2.30. The summed E-state index contributed by atoms with van der Waals surface area (Å²) in [6, 6.07) is 0. The van der Waals surface area contributed by atoms with Gasteiger partial charge in [0.05, 0.1) is 0 Å². The summed E-state index contributed by atoms with van der Waals surface area (Å²) >= 11 is 0. The van der Waals surface area contributed by atoms with Gasteiger partial charge in [-0.15, -0.1) is 0 Å². The van der Waals surface area contributed by atoms with Gasteiger partial charge >= 0.3 is 17.9 Å². The molecule has 6 nitrogen and oxygen atoms in total. The Bertz CT molecular complexity index is 1370. The maximum atomic E-state index is 12.8. The van der Waals surface area contributed by atoms with Crippen LogP contribution < -0.4 is 0 Å². The zero-order chi connectivity index (χ0) is 53.6. The third-order valence-corrected chi connectivity index (χ3v) is 13.9. The Morgan fingerprint density at radius 3 is 0.824 bits per heavy atom. The summed E-state index contributed by atoms with van der Waals surface area (Å²) in [4.78, 5) is 38.0.